The van der Waals surface area contributed by atoms with Crippen LogP contribution < -0.4 is 4.90 Å². The van der Waals surface area contributed by atoms with Crippen LogP contribution in [-0.4, -0.2) is 9.13 Å². The molecule has 0 unspecified atom stereocenters. The summed E-state index contributed by atoms with van der Waals surface area (Å²) in [6.45, 7) is 4.76. The Hall–Kier alpha value is -5.80. The number of benzene rings is 6. The van der Waals surface area contributed by atoms with E-state index >= 15 is 0 Å². The average Bonchev–Trinajstić information content (AvgIpc) is 3.70. The van der Waals surface area contributed by atoms with Gasteiger partial charge >= 0.3 is 0 Å². The zero-order valence-electron chi connectivity index (χ0n) is 25.9. The fraction of sp³-hybridized carbons (Fsp3) is 0.0698. The molecule has 9 rings (SSSR count). The molecular formula is C43H33N3. The van der Waals surface area contributed by atoms with E-state index in [2.05, 4.69) is 192 Å². The summed E-state index contributed by atoms with van der Waals surface area (Å²) in [4.78, 5) is 2.36. The topological polar surface area (TPSA) is 13.1 Å². The number of aromatic nitrogens is 2. The van der Waals surface area contributed by atoms with Gasteiger partial charge in [-0.1, -0.05) is 117 Å². The minimum Gasteiger partial charge on any atom is -0.310 e. The Morgan fingerprint density at radius 1 is 0.522 bits per heavy atom. The van der Waals surface area contributed by atoms with Crippen LogP contribution in [0.1, 0.15) is 25.1 Å². The number of nitrogens with zero attached hydrogens (tertiary/aromatic N) is 3. The zero-order valence-corrected chi connectivity index (χ0v) is 25.9. The monoisotopic (exact) mass is 591 g/mol. The number of rotatable bonds is 5. The van der Waals surface area contributed by atoms with E-state index < -0.39 is 0 Å². The van der Waals surface area contributed by atoms with E-state index in [1.807, 2.05) is 0 Å². The van der Waals surface area contributed by atoms with E-state index in [1.165, 1.54) is 50.0 Å². The Bertz CT molecular complexity index is 2320. The highest BCUT2D eigenvalue weighted by molar-refractivity contribution is 6.19. The van der Waals surface area contributed by atoms with Gasteiger partial charge in [-0.05, 0) is 71.8 Å². The minimum absolute atomic E-state index is 0.203. The molecular weight excluding hydrogens is 558 g/mol. The normalized spacial score (nSPS) is 13.2. The molecule has 3 nitrogen and oxygen atoms in total. The number of anilines is 3. The van der Waals surface area contributed by atoms with Crippen molar-refractivity contribution in [3.63, 3.8) is 0 Å². The Morgan fingerprint density at radius 2 is 1.09 bits per heavy atom. The first-order valence-electron chi connectivity index (χ1n) is 16.0. The van der Waals surface area contributed by atoms with Crippen LogP contribution in [0.25, 0.3) is 44.4 Å². The van der Waals surface area contributed by atoms with Crippen molar-refractivity contribution in [1.29, 1.82) is 0 Å². The predicted octanol–water partition coefficient (Wildman–Crippen LogP) is 11.4. The van der Waals surface area contributed by atoms with Crippen molar-refractivity contribution in [3.05, 3.63) is 175 Å². The van der Waals surface area contributed by atoms with Crippen LogP contribution in [0.5, 0.6) is 0 Å². The van der Waals surface area contributed by atoms with E-state index in [-0.39, 0.29) is 5.41 Å². The second kappa shape index (κ2) is 10.1. The van der Waals surface area contributed by atoms with Gasteiger partial charge in [-0.2, -0.15) is 0 Å². The molecule has 2 aromatic heterocycles. The first-order valence-corrected chi connectivity index (χ1v) is 16.0. The fourth-order valence-electron chi connectivity index (χ4n) is 7.67. The summed E-state index contributed by atoms with van der Waals surface area (Å²) < 4.78 is 5.04. The molecule has 0 spiro atoms. The Kier molecular flexibility index (Phi) is 5.85. The van der Waals surface area contributed by atoms with Crippen molar-refractivity contribution in [2.45, 2.75) is 19.3 Å². The SMILES string of the molecule is CC1(C)c2ccccc2-n2c(-c3ccccc3)c3c4cc(N(c5ccccc5)c5ccccc5)ccc4n(-c4ccccc4)c3c21. The van der Waals surface area contributed by atoms with Gasteiger partial charge in [-0.25, -0.2) is 0 Å². The van der Waals surface area contributed by atoms with E-state index in [4.69, 9.17) is 0 Å². The molecule has 0 saturated carbocycles. The molecule has 0 bridgehead atoms. The van der Waals surface area contributed by atoms with Gasteiger partial charge in [0.25, 0.3) is 0 Å². The second-order valence-corrected chi connectivity index (χ2v) is 12.6. The smallest absolute Gasteiger partial charge is 0.0770 e. The van der Waals surface area contributed by atoms with Crippen LogP contribution in [0.3, 0.4) is 0 Å². The third-order valence-corrected chi connectivity index (χ3v) is 9.62. The summed E-state index contributed by atoms with van der Waals surface area (Å²) in [6.07, 6.45) is 0. The van der Waals surface area contributed by atoms with E-state index in [1.54, 1.807) is 0 Å². The van der Waals surface area contributed by atoms with E-state index in [9.17, 15) is 0 Å². The Balaban J connectivity index is 1.46. The van der Waals surface area contributed by atoms with Crippen LogP contribution in [0.2, 0.25) is 0 Å². The van der Waals surface area contributed by atoms with E-state index in [0.717, 1.165) is 22.7 Å². The maximum Gasteiger partial charge on any atom is 0.0770 e. The lowest BCUT2D eigenvalue weighted by molar-refractivity contribution is 0.646. The lowest BCUT2D eigenvalue weighted by Crippen LogP contribution is -2.16. The van der Waals surface area contributed by atoms with Gasteiger partial charge in [0.15, 0.2) is 0 Å². The molecule has 0 aliphatic carbocycles. The van der Waals surface area contributed by atoms with E-state index in [0.29, 0.717) is 0 Å². The molecule has 0 atom stereocenters. The molecule has 1 aliphatic heterocycles. The van der Waals surface area contributed by atoms with Crippen molar-refractivity contribution >= 4 is 38.9 Å². The summed E-state index contributed by atoms with van der Waals surface area (Å²) in [7, 11) is 0. The quantitative estimate of drug-likeness (QED) is 0.194. The number of hydrogen-bond acceptors (Lipinski definition) is 1. The molecule has 8 aromatic rings. The van der Waals surface area contributed by atoms with Crippen molar-refractivity contribution in [3.8, 4) is 22.6 Å². The molecule has 0 radical (unpaired) electrons. The largest absolute Gasteiger partial charge is 0.310 e. The van der Waals surface area contributed by atoms with Crippen molar-refractivity contribution in [2.75, 3.05) is 4.90 Å². The molecule has 0 fully saturated rings. The summed E-state index contributed by atoms with van der Waals surface area (Å²) in [5, 5.41) is 2.52. The van der Waals surface area contributed by atoms with Gasteiger partial charge < -0.3 is 14.0 Å². The van der Waals surface area contributed by atoms with Gasteiger partial charge in [0.2, 0.25) is 0 Å². The summed E-state index contributed by atoms with van der Waals surface area (Å²) in [5.41, 5.74) is 13.2. The summed E-state index contributed by atoms with van der Waals surface area (Å²) in [6, 6.07) is 59.0. The average molecular weight is 592 g/mol. The van der Waals surface area contributed by atoms with Crippen LogP contribution >= 0.6 is 0 Å². The molecule has 6 aromatic carbocycles. The molecule has 1 aliphatic rings. The van der Waals surface area contributed by atoms with Crippen molar-refractivity contribution in [2.24, 2.45) is 0 Å². The third-order valence-electron chi connectivity index (χ3n) is 9.62. The first-order chi connectivity index (χ1) is 22.6. The standard InChI is InChI=1S/C43H33N3/c1-43(2)36-25-15-16-26-38(36)46-40(30-17-7-3-8-18-30)39-35-29-34(44(31-19-9-4-10-20-31)32-21-11-5-12-22-32)27-28-37(35)45(41(39)42(43)46)33-23-13-6-14-24-33/h3-29H,1-2H3. The highest BCUT2D eigenvalue weighted by Crippen LogP contribution is 2.54. The number of hydrogen-bond donors (Lipinski definition) is 0. The molecule has 3 heteroatoms. The summed E-state index contributed by atoms with van der Waals surface area (Å²) in [5.74, 6) is 0. The van der Waals surface area contributed by atoms with Crippen molar-refractivity contribution < 1.29 is 0 Å². The number of para-hydroxylation sites is 4. The zero-order chi connectivity index (χ0) is 30.8. The van der Waals surface area contributed by atoms with Gasteiger partial charge in [0.05, 0.1) is 28.1 Å². The lowest BCUT2D eigenvalue weighted by Gasteiger charge is -2.25. The van der Waals surface area contributed by atoms with Crippen LogP contribution in [-0.2, 0) is 5.41 Å². The molecule has 3 heterocycles. The minimum atomic E-state index is -0.203. The highest BCUT2D eigenvalue weighted by Gasteiger charge is 2.42. The maximum absolute atomic E-state index is 2.55. The predicted molar refractivity (Wildman–Crippen MR) is 192 cm³/mol. The molecule has 0 amide bonds. The van der Waals surface area contributed by atoms with Crippen molar-refractivity contribution in [1.82, 2.24) is 9.13 Å². The molecule has 220 valence electrons. The number of fused-ring (bicyclic) bond motifs is 7. The molecule has 0 N–H and O–H groups in total. The lowest BCUT2D eigenvalue weighted by atomic mass is 9.83. The Morgan fingerprint density at radius 3 is 1.74 bits per heavy atom. The highest BCUT2D eigenvalue weighted by atomic mass is 15.1. The van der Waals surface area contributed by atoms with Gasteiger partial charge in [0.1, 0.15) is 0 Å². The van der Waals surface area contributed by atoms with Crippen LogP contribution in [0, 0.1) is 0 Å². The maximum atomic E-state index is 2.55. The fourth-order valence-corrected chi connectivity index (χ4v) is 7.67. The molecule has 46 heavy (non-hydrogen) atoms. The van der Waals surface area contributed by atoms with Gasteiger partial charge in [0, 0.05) is 38.9 Å². The second-order valence-electron chi connectivity index (χ2n) is 12.6. The van der Waals surface area contributed by atoms with Gasteiger partial charge in [-0.15, -0.1) is 0 Å². The first kappa shape index (κ1) is 26.6. The summed E-state index contributed by atoms with van der Waals surface area (Å²) >= 11 is 0. The Labute approximate surface area is 269 Å². The molecule has 0 saturated heterocycles. The van der Waals surface area contributed by atoms with Crippen LogP contribution in [0.4, 0.5) is 17.1 Å². The van der Waals surface area contributed by atoms with Crippen LogP contribution in [0.15, 0.2) is 164 Å². The third kappa shape index (κ3) is 3.78. The van der Waals surface area contributed by atoms with Gasteiger partial charge in [-0.3, -0.25) is 0 Å².